The van der Waals surface area contributed by atoms with Crippen LogP contribution in [0.1, 0.15) is 6.42 Å². The lowest BCUT2D eigenvalue weighted by molar-refractivity contribution is -0.123. The van der Waals surface area contributed by atoms with Crippen LogP contribution in [0.5, 0.6) is 0 Å². The molecule has 2 bridgehead atoms. The van der Waals surface area contributed by atoms with Crippen LogP contribution in [0, 0.1) is 17.8 Å². The molecule has 4 atom stereocenters. The van der Waals surface area contributed by atoms with E-state index in [1.54, 1.807) is 0 Å². The van der Waals surface area contributed by atoms with Gasteiger partial charge in [0.05, 0.1) is 5.92 Å². The highest BCUT2D eigenvalue weighted by Gasteiger charge is 2.46. The summed E-state index contributed by atoms with van der Waals surface area (Å²) in [6.45, 7) is 0. The van der Waals surface area contributed by atoms with Crippen LogP contribution < -0.4 is 11.1 Å². The van der Waals surface area contributed by atoms with Crippen molar-refractivity contribution in [1.82, 2.24) is 5.32 Å². The first kappa shape index (κ1) is 7.80. The molecular formula is C9H14N2O. The largest absolute Gasteiger partial charge is 0.369 e. The summed E-state index contributed by atoms with van der Waals surface area (Å²) in [6, 6.07) is 0.275. The van der Waals surface area contributed by atoms with E-state index in [4.69, 9.17) is 5.73 Å². The van der Waals surface area contributed by atoms with Crippen LogP contribution in [0.3, 0.4) is 0 Å². The van der Waals surface area contributed by atoms with Crippen LogP contribution in [-0.4, -0.2) is 19.0 Å². The average molecular weight is 166 g/mol. The molecule has 3 nitrogen and oxygen atoms in total. The van der Waals surface area contributed by atoms with Crippen molar-refractivity contribution in [3.8, 4) is 0 Å². The van der Waals surface area contributed by atoms with Gasteiger partial charge in [0.1, 0.15) is 0 Å². The van der Waals surface area contributed by atoms with Gasteiger partial charge in [-0.15, -0.1) is 0 Å². The number of rotatable bonds is 2. The maximum atomic E-state index is 11.1. The molecule has 2 aliphatic rings. The quantitative estimate of drug-likeness (QED) is 0.562. The molecular weight excluding hydrogens is 152 g/mol. The van der Waals surface area contributed by atoms with Gasteiger partial charge in [0, 0.05) is 6.04 Å². The molecule has 0 aromatic rings. The van der Waals surface area contributed by atoms with Crippen molar-refractivity contribution >= 4 is 5.91 Å². The number of amides is 1. The normalized spacial score (nSPS) is 43.8. The van der Waals surface area contributed by atoms with Gasteiger partial charge in [0.2, 0.25) is 5.91 Å². The Morgan fingerprint density at radius 3 is 2.67 bits per heavy atom. The van der Waals surface area contributed by atoms with Gasteiger partial charge >= 0.3 is 0 Å². The molecule has 3 N–H and O–H groups in total. The summed E-state index contributed by atoms with van der Waals surface area (Å²) in [5.41, 5.74) is 5.34. The zero-order valence-electron chi connectivity index (χ0n) is 7.16. The van der Waals surface area contributed by atoms with Crippen molar-refractivity contribution in [2.45, 2.75) is 12.5 Å². The van der Waals surface area contributed by atoms with E-state index in [1.807, 2.05) is 7.05 Å². The van der Waals surface area contributed by atoms with E-state index in [1.165, 1.54) is 0 Å². The van der Waals surface area contributed by atoms with Crippen LogP contribution in [0.2, 0.25) is 0 Å². The predicted molar refractivity (Wildman–Crippen MR) is 46.3 cm³/mol. The summed E-state index contributed by atoms with van der Waals surface area (Å²) in [5, 5.41) is 3.17. The molecule has 3 heteroatoms. The maximum absolute atomic E-state index is 11.1. The zero-order valence-corrected chi connectivity index (χ0v) is 7.16. The van der Waals surface area contributed by atoms with E-state index in [9.17, 15) is 4.79 Å². The fourth-order valence-corrected chi connectivity index (χ4v) is 2.60. The van der Waals surface area contributed by atoms with E-state index in [-0.39, 0.29) is 17.9 Å². The van der Waals surface area contributed by atoms with Gasteiger partial charge < -0.3 is 11.1 Å². The van der Waals surface area contributed by atoms with Crippen molar-refractivity contribution in [2.75, 3.05) is 7.05 Å². The highest BCUT2D eigenvalue weighted by molar-refractivity contribution is 5.79. The molecule has 1 saturated carbocycles. The number of nitrogens with two attached hydrogens (primary N) is 1. The topological polar surface area (TPSA) is 55.1 Å². The smallest absolute Gasteiger partial charge is 0.222 e. The fourth-order valence-electron chi connectivity index (χ4n) is 2.60. The maximum Gasteiger partial charge on any atom is 0.222 e. The molecule has 2 rings (SSSR count). The second-order valence-electron chi connectivity index (χ2n) is 3.69. The summed E-state index contributed by atoms with van der Waals surface area (Å²) in [6.07, 6.45) is 5.43. The molecule has 1 fully saturated rings. The second-order valence-corrected chi connectivity index (χ2v) is 3.69. The van der Waals surface area contributed by atoms with Crippen molar-refractivity contribution in [1.29, 1.82) is 0 Å². The number of carbonyl (C=O) groups excluding carboxylic acids is 1. The zero-order chi connectivity index (χ0) is 8.72. The second kappa shape index (κ2) is 2.59. The van der Waals surface area contributed by atoms with Gasteiger partial charge in [0.15, 0.2) is 0 Å². The lowest BCUT2D eigenvalue weighted by Crippen LogP contribution is -2.43. The summed E-state index contributed by atoms with van der Waals surface area (Å²) >= 11 is 0. The number of fused-ring (bicyclic) bond motifs is 2. The third-order valence-electron chi connectivity index (χ3n) is 3.12. The first-order valence-electron chi connectivity index (χ1n) is 4.39. The number of nitrogens with one attached hydrogen (secondary N) is 1. The molecule has 66 valence electrons. The predicted octanol–water partition coefficient (Wildman–Crippen LogP) is -0.118. The highest BCUT2D eigenvalue weighted by atomic mass is 16.1. The third-order valence-corrected chi connectivity index (χ3v) is 3.12. The van der Waals surface area contributed by atoms with Crippen molar-refractivity contribution in [3.05, 3.63) is 12.2 Å². The summed E-state index contributed by atoms with van der Waals surface area (Å²) in [4.78, 5) is 11.1. The Kier molecular flexibility index (Phi) is 1.68. The van der Waals surface area contributed by atoms with Crippen LogP contribution in [-0.2, 0) is 4.79 Å². The molecule has 1 amide bonds. The Balaban J connectivity index is 2.23. The van der Waals surface area contributed by atoms with Crippen LogP contribution in [0.4, 0.5) is 0 Å². The van der Waals surface area contributed by atoms with Crippen molar-refractivity contribution in [3.63, 3.8) is 0 Å². The molecule has 2 aliphatic carbocycles. The lowest BCUT2D eigenvalue weighted by atomic mass is 9.88. The van der Waals surface area contributed by atoms with Gasteiger partial charge in [-0.3, -0.25) is 4.79 Å². The number of carbonyl (C=O) groups is 1. The first-order valence-corrected chi connectivity index (χ1v) is 4.39. The average Bonchev–Trinajstić information content (AvgIpc) is 2.60. The molecule has 0 aromatic carbocycles. The summed E-state index contributed by atoms with van der Waals surface area (Å²) in [7, 11) is 1.90. The number of hydrogen-bond acceptors (Lipinski definition) is 2. The van der Waals surface area contributed by atoms with Gasteiger partial charge in [0.25, 0.3) is 0 Å². The third kappa shape index (κ3) is 0.894. The lowest BCUT2D eigenvalue weighted by Gasteiger charge is -2.24. The Morgan fingerprint density at radius 1 is 1.50 bits per heavy atom. The highest BCUT2D eigenvalue weighted by Crippen LogP contribution is 2.43. The molecule has 0 saturated heterocycles. The van der Waals surface area contributed by atoms with E-state index in [2.05, 4.69) is 17.5 Å². The van der Waals surface area contributed by atoms with E-state index >= 15 is 0 Å². The minimum Gasteiger partial charge on any atom is -0.369 e. The minimum atomic E-state index is -0.161. The van der Waals surface area contributed by atoms with Gasteiger partial charge in [-0.05, 0) is 25.3 Å². The molecule has 0 heterocycles. The minimum absolute atomic E-state index is 0.0185. The Hall–Kier alpha value is -0.830. The number of hydrogen-bond donors (Lipinski definition) is 2. The van der Waals surface area contributed by atoms with E-state index in [0.717, 1.165) is 6.42 Å². The van der Waals surface area contributed by atoms with Crippen LogP contribution in [0.15, 0.2) is 12.2 Å². The SMILES string of the molecule is CN[C@@H]1[C@H](C(N)=O)[C@H]2C=C[C@@H]1C2. The van der Waals surface area contributed by atoms with Gasteiger partial charge in [-0.1, -0.05) is 12.2 Å². The monoisotopic (exact) mass is 166 g/mol. The molecule has 12 heavy (non-hydrogen) atoms. The molecule has 0 spiro atoms. The van der Waals surface area contributed by atoms with Crippen molar-refractivity contribution in [2.24, 2.45) is 23.5 Å². The molecule has 0 unspecified atom stereocenters. The van der Waals surface area contributed by atoms with E-state index < -0.39 is 0 Å². The molecule has 0 radical (unpaired) electrons. The standard InChI is InChI=1S/C9H14N2O/c1-11-8-6-3-2-5(4-6)7(8)9(10)12/h2-3,5-8,11H,4H2,1H3,(H2,10,12)/t5-,6+,7+,8-/m0/s1. The Morgan fingerprint density at radius 2 is 2.17 bits per heavy atom. The van der Waals surface area contributed by atoms with Crippen LogP contribution >= 0.6 is 0 Å². The molecule has 0 aromatic heterocycles. The van der Waals surface area contributed by atoms with Gasteiger partial charge in [-0.25, -0.2) is 0 Å². The fraction of sp³-hybridized carbons (Fsp3) is 0.667. The first-order chi connectivity index (χ1) is 5.74. The van der Waals surface area contributed by atoms with Gasteiger partial charge in [-0.2, -0.15) is 0 Å². The molecule has 0 aliphatic heterocycles. The summed E-state index contributed by atoms with van der Waals surface area (Å²) < 4.78 is 0. The van der Waals surface area contributed by atoms with Crippen LogP contribution in [0.25, 0.3) is 0 Å². The number of allylic oxidation sites excluding steroid dienone is 1. The Bertz CT molecular complexity index is 237. The number of primary amides is 1. The van der Waals surface area contributed by atoms with Crippen molar-refractivity contribution < 1.29 is 4.79 Å². The van der Waals surface area contributed by atoms with E-state index in [0.29, 0.717) is 11.8 Å². The summed E-state index contributed by atoms with van der Waals surface area (Å²) in [5.74, 6) is 0.777. The Labute approximate surface area is 72.0 Å².